The molecule has 10 heteroatoms. The fraction of sp³-hybridized carbons (Fsp3) is 0.412. The highest BCUT2D eigenvalue weighted by atomic mass is 32.2. The van der Waals surface area contributed by atoms with Gasteiger partial charge in [0.15, 0.2) is 0 Å². The van der Waals surface area contributed by atoms with E-state index in [1.807, 2.05) is 0 Å². The number of carbonyl (C=O) groups is 1. The van der Waals surface area contributed by atoms with Gasteiger partial charge >= 0.3 is 0 Å². The highest BCUT2D eigenvalue weighted by molar-refractivity contribution is 7.89. The molecule has 2 aromatic rings. The number of anilines is 1. The normalized spacial score (nSPS) is 15.5. The Balaban J connectivity index is 2.10. The van der Waals surface area contributed by atoms with Crippen LogP contribution in [0.3, 0.4) is 0 Å². The van der Waals surface area contributed by atoms with Crippen molar-refractivity contribution >= 4 is 21.8 Å². The van der Waals surface area contributed by atoms with Gasteiger partial charge in [-0.15, -0.1) is 0 Å². The van der Waals surface area contributed by atoms with Gasteiger partial charge in [-0.05, 0) is 24.6 Å². The van der Waals surface area contributed by atoms with Gasteiger partial charge in [-0.1, -0.05) is 11.2 Å². The maximum absolute atomic E-state index is 13.1. The molecule has 1 saturated heterocycles. The second-order valence-corrected chi connectivity index (χ2v) is 7.94. The molecule has 0 bridgehead atoms. The van der Waals surface area contributed by atoms with E-state index >= 15 is 0 Å². The zero-order valence-corrected chi connectivity index (χ0v) is 16.1. The summed E-state index contributed by atoms with van der Waals surface area (Å²) in [5.74, 6) is 0.0855. The summed E-state index contributed by atoms with van der Waals surface area (Å²) in [6.07, 6.45) is 0. The minimum Gasteiger partial charge on any atom is -0.495 e. The molecular formula is C17H21N3O6S. The highest BCUT2D eigenvalue weighted by Crippen LogP contribution is 2.36. The first kappa shape index (κ1) is 19.3. The number of morpholine rings is 1. The van der Waals surface area contributed by atoms with Crippen LogP contribution in [-0.2, 0) is 19.6 Å². The maximum Gasteiger partial charge on any atom is 0.246 e. The predicted molar refractivity (Wildman–Crippen MR) is 97.1 cm³/mol. The second-order valence-electron chi connectivity index (χ2n) is 6.04. The van der Waals surface area contributed by atoms with E-state index < -0.39 is 10.0 Å². The summed E-state index contributed by atoms with van der Waals surface area (Å²) in [5, 5.41) is 6.44. The smallest absolute Gasteiger partial charge is 0.246 e. The number of methoxy groups -OCH3 is 1. The Labute approximate surface area is 157 Å². The van der Waals surface area contributed by atoms with Crippen LogP contribution in [0.5, 0.6) is 5.75 Å². The van der Waals surface area contributed by atoms with Crippen LogP contribution in [0.1, 0.15) is 12.6 Å². The number of nitrogens with zero attached hydrogens (tertiary/aromatic N) is 2. The van der Waals surface area contributed by atoms with E-state index in [0.29, 0.717) is 30.0 Å². The van der Waals surface area contributed by atoms with Crippen LogP contribution in [-0.4, -0.2) is 57.2 Å². The van der Waals surface area contributed by atoms with Crippen molar-refractivity contribution in [1.29, 1.82) is 0 Å². The second kappa shape index (κ2) is 7.67. The van der Waals surface area contributed by atoms with Crippen LogP contribution < -0.4 is 10.1 Å². The van der Waals surface area contributed by atoms with Crippen LogP contribution >= 0.6 is 0 Å². The maximum atomic E-state index is 13.1. The van der Waals surface area contributed by atoms with E-state index in [2.05, 4.69) is 10.5 Å². The summed E-state index contributed by atoms with van der Waals surface area (Å²) in [5.41, 5.74) is 1.59. The van der Waals surface area contributed by atoms with Crippen molar-refractivity contribution < 1.29 is 27.2 Å². The third-order valence-electron chi connectivity index (χ3n) is 4.19. The van der Waals surface area contributed by atoms with E-state index in [1.165, 1.54) is 24.4 Å². The van der Waals surface area contributed by atoms with Crippen molar-refractivity contribution in [3.63, 3.8) is 0 Å². The van der Waals surface area contributed by atoms with Crippen molar-refractivity contribution in [3.05, 3.63) is 23.9 Å². The van der Waals surface area contributed by atoms with Gasteiger partial charge < -0.3 is 14.0 Å². The van der Waals surface area contributed by atoms with Crippen molar-refractivity contribution in [1.82, 2.24) is 9.46 Å². The number of benzene rings is 1. The van der Waals surface area contributed by atoms with Crippen LogP contribution in [0, 0.1) is 6.92 Å². The van der Waals surface area contributed by atoms with E-state index in [1.54, 1.807) is 19.1 Å². The SMILES string of the molecule is COc1ccc(-c2c(C)noc2NC(C)=O)cc1S(=O)(=O)N1CCOCC1. The van der Waals surface area contributed by atoms with Crippen LogP contribution in [0.25, 0.3) is 11.1 Å². The first-order valence-corrected chi connectivity index (χ1v) is 9.78. The van der Waals surface area contributed by atoms with E-state index in [9.17, 15) is 13.2 Å². The topological polar surface area (TPSA) is 111 Å². The number of rotatable bonds is 5. The number of aryl methyl sites for hydroxylation is 1. The molecule has 0 aliphatic carbocycles. The number of amides is 1. The third-order valence-corrected chi connectivity index (χ3v) is 6.11. The molecule has 0 radical (unpaired) electrons. The molecule has 9 nitrogen and oxygen atoms in total. The van der Waals surface area contributed by atoms with Crippen molar-refractivity contribution in [2.45, 2.75) is 18.7 Å². The molecule has 3 rings (SSSR count). The summed E-state index contributed by atoms with van der Waals surface area (Å²) in [6, 6.07) is 4.78. The molecule has 1 aromatic heterocycles. The molecule has 1 aliphatic heterocycles. The fourth-order valence-electron chi connectivity index (χ4n) is 2.91. The molecule has 0 saturated carbocycles. The lowest BCUT2D eigenvalue weighted by atomic mass is 10.1. The van der Waals surface area contributed by atoms with Gasteiger partial charge in [0.1, 0.15) is 10.6 Å². The molecule has 2 heterocycles. The molecule has 27 heavy (non-hydrogen) atoms. The molecule has 1 N–H and O–H groups in total. The standard InChI is InChI=1S/C17H21N3O6S/c1-11-16(17(26-19-11)18-12(2)21)13-4-5-14(24-3)15(10-13)27(22,23)20-6-8-25-9-7-20/h4-5,10H,6-9H2,1-3H3,(H,18,21). The van der Waals surface area contributed by atoms with Gasteiger partial charge in [-0.2, -0.15) is 4.31 Å². The summed E-state index contributed by atoms with van der Waals surface area (Å²) < 4.78 is 43.3. The Hall–Kier alpha value is -2.43. The lowest BCUT2D eigenvalue weighted by molar-refractivity contribution is -0.114. The number of ether oxygens (including phenoxy) is 2. The van der Waals surface area contributed by atoms with E-state index in [4.69, 9.17) is 14.0 Å². The minimum atomic E-state index is -3.78. The molecule has 0 spiro atoms. The van der Waals surface area contributed by atoms with Crippen molar-refractivity contribution in [3.8, 4) is 16.9 Å². The van der Waals surface area contributed by atoms with Gasteiger partial charge in [-0.25, -0.2) is 8.42 Å². The Kier molecular flexibility index (Phi) is 5.49. The van der Waals surface area contributed by atoms with Crippen LogP contribution in [0.2, 0.25) is 0 Å². The van der Waals surface area contributed by atoms with Crippen molar-refractivity contribution in [2.75, 3.05) is 38.7 Å². The number of aromatic nitrogens is 1. The predicted octanol–water partition coefficient (Wildman–Crippen LogP) is 1.64. The summed E-state index contributed by atoms with van der Waals surface area (Å²) in [7, 11) is -2.36. The van der Waals surface area contributed by atoms with Gasteiger partial charge in [0.05, 0.1) is 31.6 Å². The first-order valence-electron chi connectivity index (χ1n) is 8.34. The quantitative estimate of drug-likeness (QED) is 0.819. The Morgan fingerprint density at radius 2 is 2.00 bits per heavy atom. The summed E-state index contributed by atoms with van der Waals surface area (Å²) >= 11 is 0. The Morgan fingerprint density at radius 3 is 2.63 bits per heavy atom. The molecule has 0 atom stereocenters. The molecule has 1 fully saturated rings. The van der Waals surface area contributed by atoms with E-state index in [-0.39, 0.29) is 35.5 Å². The van der Waals surface area contributed by atoms with Gasteiger partial charge in [0.25, 0.3) is 0 Å². The zero-order chi connectivity index (χ0) is 19.6. The van der Waals surface area contributed by atoms with Crippen LogP contribution in [0.15, 0.2) is 27.6 Å². The Morgan fingerprint density at radius 1 is 1.30 bits per heavy atom. The molecule has 1 amide bonds. The average molecular weight is 395 g/mol. The molecule has 1 aromatic carbocycles. The van der Waals surface area contributed by atoms with Crippen molar-refractivity contribution in [2.24, 2.45) is 0 Å². The summed E-state index contributed by atoms with van der Waals surface area (Å²) in [4.78, 5) is 11.4. The minimum absolute atomic E-state index is 0.0405. The molecule has 1 aliphatic rings. The fourth-order valence-corrected chi connectivity index (χ4v) is 4.50. The zero-order valence-electron chi connectivity index (χ0n) is 15.3. The van der Waals surface area contributed by atoms with Gasteiger partial charge in [0.2, 0.25) is 21.8 Å². The van der Waals surface area contributed by atoms with Gasteiger partial charge in [-0.3, -0.25) is 10.1 Å². The lowest BCUT2D eigenvalue weighted by Gasteiger charge is -2.26. The number of nitrogens with one attached hydrogen (secondary N) is 1. The summed E-state index contributed by atoms with van der Waals surface area (Å²) in [6.45, 7) is 4.31. The monoisotopic (exact) mass is 395 g/mol. The van der Waals surface area contributed by atoms with Crippen LogP contribution in [0.4, 0.5) is 5.88 Å². The van der Waals surface area contributed by atoms with Gasteiger partial charge in [0, 0.05) is 20.0 Å². The lowest BCUT2D eigenvalue weighted by Crippen LogP contribution is -2.40. The highest BCUT2D eigenvalue weighted by Gasteiger charge is 2.30. The first-order chi connectivity index (χ1) is 12.8. The number of carbonyl (C=O) groups excluding carboxylic acids is 1. The number of sulfonamides is 1. The average Bonchev–Trinajstić information content (AvgIpc) is 3.01. The molecular weight excluding hydrogens is 374 g/mol. The molecule has 0 unspecified atom stereocenters. The van der Waals surface area contributed by atoms with E-state index in [0.717, 1.165) is 0 Å². The molecule has 146 valence electrons. The Bertz CT molecular complexity index is 948. The third kappa shape index (κ3) is 3.82. The largest absolute Gasteiger partial charge is 0.495 e. The number of hydrogen-bond donors (Lipinski definition) is 1. The number of hydrogen-bond acceptors (Lipinski definition) is 7.